The molecule has 0 radical (unpaired) electrons. The molecule has 0 spiro atoms. The van der Waals surface area contributed by atoms with Crippen LogP contribution in [-0.2, 0) is 4.74 Å². The molecule has 3 nitrogen and oxygen atoms in total. The molecule has 1 unspecified atom stereocenters. The van der Waals surface area contributed by atoms with Gasteiger partial charge in [-0.1, -0.05) is 18.2 Å². The highest BCUT2D eigenvalue weighted by atomic mass is 16.5. The second kappa shape index (κ2) is 5.63. The van der Waals surface area contributed by atoms with Gasteiger partial charge in [0.25, 0.3) is 0 Å². The van der Waals surface area contributed by atoms with Crippen molar-refractivity contribution < 1.29 is 4.74 Å². The molecule has 3 N–H and O–H groups in total. The van der Waals surface area contributed by atoms with Crippen LogP contribution in [0.15, 0.2) is 18.2 Å². The van der Waals surface area contributed by atoms with E-state index in [2.05, 4.69) is 51.3 Å². The lowest BCUT2D eigenvalue weighted by Crippen LogP contribution is -2.35. The maximum Gasteiger partial charge on any atom is 0.0641 e. The van der Waals surface area contributed by atoms with E-state index in [0.29, 0.717) is 0 Å². The SMILES string of the molecule is COC(C)(C)CC(NN)c1cccc(C)c1C. The second-order valence-electron chi connectivity index (χ2n) is 5.18. The highest BCUT2D eigenvalue weighted by molar-refractivity contribution is 5.35. The van der Waals surface area contributed by atoms with Gasteiger partial charge in [0, 0.05) is 13.2 Å². The van der Waals surface area contributed by atoms with Gasteiger partial charge in [0.1, 0.15) is 0 Å². The van der Waals surface area contributed by atoms with Gasteiger partial charge in [0.2, 0.25) is 0 Å². The summed E-state index contributed by atoms with van der Waals surface area (Å²) in [5.74, 6) is 5.68. The lowest BCUT2D eigenvalue weighted by molar-refractivity contribution is 0.00676. The van der Waals surface area contributed by atoms with Crippen molar-refractivity contribution in [3.8, 4) is 0 Å². The number of benzene rings is 1. The molecule has 0 aliphatic heterocycles. The Bertz CT molecular complexity index is 374. The lowest BCUT2D eigenvalue weighted by Gasteiger charge is -2.29. The number of ether oxygens (including phenoxy) is 1. The minimum Gasteiger partial charge on any atom is -0.379 e. The number of nitrogens with one attached hydrogen (secondary N) is 1. The van der Waals surface area contributed by atoms with Crippen LogP contribution in [0.1, 0.15) is 43.0 Å². The Labute approximate surface area is 104 Å². The van der Waals surface area contributed by atoms with E-state index in [1.807, 2.05) is 0 Å². The first kappa shape index (κ1) is 14.2. The van der Waals surface area contributed by atoms with Crippen molar-refractivity contribution in [2.24, 2.45) is 5.84 Å². The quantitative estimate of drug-likeness (QED) is 0.610. The molecule has 0 heterocycles. The van der Waals surface area contributed by atoms with Crippen LogP contribution in [0.3, 0.4) is 0 Å². The van der Waals surface area contributed by atoms with E-state index in [1.54, 1.807) is 7.11 Å². The van der Waals surface area contributed by atoms with Crippen molar-refractivity contribution in [2.75, 3.05) is 7.11 Å². The van der Waals surface area contributed by atoms with Gasteiger partial charge < -0.3 is 4.74 Å². The molecule has 96 valence electrons. The molecule has 0 saturated carbocycles. The largest absolute Gasteiger partial charge is 0.379 e. The summed E-state index contributed by atoms with van der Waals surface area (Å²) in [7, 11) is 1.73. The monoisotopic (exact) mass is 236 g/mol. The Morgan fingerprint density at radius 1 is 1.35 bits per heavy atom. The van der Waals surface area contributed by atoms with Gasteiger partial charge in [-0.3, -0.25) is 11.3 Å². The van der Waals surface area contributed by atoms with Crippen molar-refractivity contribution in [3.05, 3.63) is 34.9 Å². The van der Waals surface area contributed by atoms with E-state index in [1.165, 1.54) is 16.7 Å². The minimum absolute atomic E-state index is 0.116. The van der Waals surface area contributed by atoms with Gasteiger partial charge in [0.05, 0.1) is 5.60 Å². The van der Waals surface area contributed by atoms with Crippen molar-refractivity contribution in [3.63, 3.8) is 0 Å². The van der Waals surface area contributed by atoms with Gasteiger partial charge in [-0.15, -0.1) is 0 Å². The Morgan fingerprint density at radius 3 is 2.53 bits per heavy atom. The van der Waals surface area contributed by atoms with Crippen LogP contribution in [0.4, 0.5) is 0 Å². The van der Waals surface area contributed by atoms with Crippen LogP contribution in [0.5, 0.6) is 0 Å². The first-order chi connectivity index (χ1) is 7.91. The summed E-state index contributed by atoms with van der Waals surface area (Å²) in [6.45, 7) is 8.40. The molecule has 0 fully saturated rings. The third-order valence-electron chi connectivity index (χ3n) is 3.47. The highest BCUT2D eigenvalue weighted by Gasteiger charge is 2.24. The van der Waals surface area contributed by atoms with Crippen molar-refractivity contribution in [1.29, 1.82) is 0 Å². The number of aryl methyl sites for hydroxylation is 1. The fourth-order valence-corrected chi connectivity index (χ4v) is 1.98. The first-order valence-corrected chi connectivity index (χ1v) is 5.98. The molecule has 1 rings (SSSR count). The van der Waals surface area contributed by atoms with E-state index in [-0.39, 0.29) is 11.6 Å². The van der Waals surface area contributed by atoms with E-state index in [0.717, 1.165) is 6.42 Å². The highest BCUT2D eigenvalue weighted by Crippen LogP contribution is 2.28. The number of methoxy groups -OCH3 is 1. The molecule has 17 heavy (non-hydrogen) atoms. The molecule has 0 amide bonds. The number of hydrogen-bond acceptors (Lipinski definition) is 3. The van der Waals surface area contributed by atoms with Crippen LogP contribution < -0.4 is 11.3 Å². The average molecular weight is 236 g/mol. The van der Waals surface area contributed by atoms with Crippen LogP contribution >= 0.6 is 0 Å². The zero-order valence-corrected chi connectivity index (χ0v) is 11.5. The Hall–Kier alpha value is -0.900. The maximum atomic E-state index is 5.68. The summed E-state index contributed by atoms with van der Waals surface area (Å²) < 4.78 is 5.47. The lowest BCUT2D eigenvalue weighted by atomic mass is 9.90. The maximum absolute atomic E-state index is 5.68. The summed E-state index contributed by atoms with van der Waals surface area (Å²) in [6.07, 6.45) is 0.838. The summed E-state index contributed by atoms with van der Waals surface area (Å²) in [6, 6.07) is 6.43. The Balaban J connectivity index is 2.98. The third kappa shape index (κ3) is 3.53. The predicted molar refractivity (Wildman–Crippen MR) is 71.7 cm³/mol. The summed E-state index contributed by atoms with van der Waals surface area (Å²) >= 11 is 0. The van der Waals surface area contributed by atoms with Gasteiger partial charge in [-0.25, -0.2) is 0 Å². The molecule has 0 aliphatic rings. The molecular formula is C14H24N2O. The topological polar surface area (TPSA) is 47.3 Å². The molecule has 0 aliphatic carbocycles. The van der Waals surface area contributed by atoms with E-state index in [4.69, 9.17) is 10.6 Å². The van der Waals surface area contributed by atoms with Crippen molar-refractivity contribution in [2.45, 2.75) is 45.8 Å². The molecule has 1 atom stereocenters. The molecule has 0 saturated heterocycles. The van der Waals surface area contributed by atoms with Crippen LogP contribution in [-0.4, -0.2) is 12.7 Å². The van der Waals surface area contributed by atoms with Crippen molar-refractivity contribution >= 4 is 0 Å². The number of nitrogens with two attached hydrogens (primary N) is 1. The van der Waals surface area contributed by atoms with Gasteiger partial charge >= 0.3 is 0 Å². The zero-order valence-electron chi connectivity index (χ0n) is 11.5. The molecule has 3 heteroatoms. The Kier molecular flexibility index (Phi) is 4.69. The van der Waals surface area contributed by atoms with E-state index >= 15 is 0 Å². The van der Waals surface area contributed by atoms with Crippen LogP contribution in [0.25, 0.3) is 0 Å². The van der Waals surface area contributed by atoms with E-state index in [9.17, 15) is 0 Å². The van der Waals surface area contributed by atoms with Crippen molar-refractivity contribution in [1.82, 2.24) is 5.43 Å². The fraction of sp³-hybridized carbons (Fsp3) is 0.571. The van der Waals surface area contributed by atoms with Crippen LogP contribution in [0.2, 0.25) is 0 Å². The minimum atomic E-state index is -0.187. The zero-order chi connectivity index (χ0) is 13.1. The Morgan fingerprint density at radius 2 is 2.00 bits per heavy atom. The van der Waals surface area contributed by atoms with Gasteiger partial charge in [-0.05, 0) is 50.8 Å². The smallest absolute Gasteiger partial charge is 0.0641 e. The predicted octanol–water partition coefficient (Wildman–Crippen LogP) is 2.62. The molecule has 1 aromatic carbocycles. The van der Waals surface area contributed by atoms with Gasteiger partial charge in [-0.2, -0.15) is 0 Å². The summed E-state index contributed by atoms with van der Waals surface area (Å²) in [5, 5.41) is 0. The molecule has 1 aromatic rings. The number of hydrazine groups is 1. The summed E-state index contributed by atoms with van der Waals surface area (Å²) in [5.41, 5.74) is 6.54. The molecule has 0 bridgehead atoms. The van der Waals surface area contributed by atoms with Gasteiger partial charge in [0.15, 0.2) is 0 Å². The number of rotatable bonds is 5. The van der Waals surface area contributed by atoms with E-state index < -0.39 is 0 Å². The fourth-order valence-electron chi connectivity index (χ4n) is 1.98. The van der Waals surface area contributed by atoms with Crippen LogP contribution in [0, 0.1) is 13.8 Å². The standard InChI is InChI=1S/C14H24N2O/c1-10-7-6-8-12(11(10)2)13(16-15)9-14(3,4)17-5/h6-8,13,16H,9,15H2,1-5H3. The average Bonchev–Trinajstić information content (AvgIpc) is 2.30. The first-order valence-electron chi connectivity index (χ1n) is 5.98. The normalized spacial score (nSPS) is 13.8. The summed E-state index contributed by atoms with van der Waals surface area (Å²) in [4.78, 5) is 0. The third-order valence-corrected chi connectivity index (χ3v) is 3.47. The molecular weight excluding hydrogens is 212 g/mol. The number of hydrogen-bond donors (Lipinski definition) is 2. The molecule has 0 aromatic heterocycles. The second-order valence-corrected chi connectivity index (χ2v) is 5.18.